The predicted molar refractivity (Wildman–Crippen MR) is 62.5 cm³/mol. The van der Waals surface area contributed by atoms with Crippen LogP contribution in [-0.2, 0) is 16.6 Å². The van der Waals surface area contributed by atoms with Crippen LogP contribution in [0.15, 0.2) is 33.7 Å². The molecule has 1 heterocycles. The van der Waals surface area contributed by atoms with E-state index in [4.69, 9.17) is 4.52 Å². The molecule has 0 amide bonds. The van der Waals surface area contributed by atoms with Crippen LogP contribution in [0.1, 0.15) is 17.0 Å². The molecule has 5 heteroatoms. The Bertz CT molecular complexity index is 546. The molecular formula is C12H12FNO2S. The van der Waals surface area contributed by atoms with Crippen molar-refractivity contribution in [2.45, 2.75) is 24.5 Å². The van der Waals surface area contributed by atoms with E-state index in [1.54, 1.807) is 26.0 Å². The summed E-state index contributed by atoms with van der Waals surface area (Å²) in [5.74, 6) is 0.409. The minimum Gasteiger partial charge on any atom is -0.361 e. The van der Waals surface area contributed by atoms with Gasteiger partial charge in [-0.05, 0) is 26.0 Å². The Balaban J connectivity index is 2.27. The van der Waals surface area contributed by atoms with E-state index < -0.39 is 16.6 Å². The minimum absolute atomic E-state index is 0.215. The molecular weight excluding hydrogens is 241 g/mol. The molecule has 3 nitrogen and oxygen atoms in total. The molecule has 0 saturated heterocycles. The third-order valence-corrected chi connectivity index (χ3v) is 3.91. The Morgan fingerprint density at radius 2 is 2.06 bits per heavy atom. The monoisotopic (exact) mass is 253 g/mol. The lowest BCUT2D eigenvalue weighted by Crippen LogP contribution is -2.00. The maximum atomic E-state index is 13.4. The summed E-state index contributed by atoms with van der Waals surface area (Å²) in [6.07, 6.45) is 0. The Morgan fingerprint density at radius 1 is 1.35 bits per heavy atom. The van der Waals surface area contributed by atoms with Crippen molar-refractivity contribution in [1.29, 1.82) is 0 Å². The van der Waals surface area contributed by atoms with Crippen LogP contribution in [0.4, 0.5) is 4.39 Å². The maximum absolute atomic E-state index is 13.4. The second kappa shape index (κ2) is 4.79. The van der Waals surface area contributed by atoms with Gasteiger partial charge in [0, 0.05) is 5.56 Å². The first-order valence-corrected chi connectivity index (χ1v) is 6.46. The third-order valence-electron chi connectivity index (χ3n) is 2.54. The number of hydrogen-bond donors (Lipinski definition) is 0. The summed E-state index contributed by atoms with van der Waals surface area (Å²) in [5.41, 5.74) is 1.48. The summed E-state index contributed by atoms with van der Waals surface area (Å²) in [6, 6.07) is 6.08. The topological polar surface area (TPSA) is 43.1 Å². The summed E-state index contributed by atoms with van der Waals surface area (Å²) in [4.78, 5) is 0.215. The zero-order valence-corrected chi connectivity index (χ0v) is 10.4. The highest BCUT2D eigenvalue weighted by atomic mass is 32.2. The average Bonchev–Trinajstić information content (AvgIpc) is 2.61. The van der Waals surface area contributed by atoms with Crippen molar-refractivity contribution < 1.29 is 13.1 Å². The van der Waals surface area contributed by atoms with Gasteiger partial charge in [0.05, 0.1) is 27.1 Å². The van der Waals surface area contributed by atoms with Gasteiger partial charge in [0.25, 0.3) is 0 Å². The predicted octanol–water partition coefficient (Wildman–Crippen LogP) is 2.74. The number of halogens is 1. The first kappa shape index (κ1) is 12.0. The fraction of sp³-hybridized carbons (Fsp3) is 0.250. The standard InChI is InChI=1S/C12H12FNO2S/c1-8-10(9(2)16-14-8)7-17(15)12-6-4-3-5-11(12)13/h3-6H,7H2,1-2H3. The van der Waals surface area contributed by atoms with Crippen molar-refractivity contribution >= 4 is 10.8 Å². The van der Waals surface area contributed by atoms with Crippen molar-refractivity contribution in [3.63, 3.8) is 0 Å². The molecule has 0 radical (unpaired) electrons. The van der Waals surface area contributed by atoms with Gasteiger partial charge < -0.3 is 4.52 Å². The summed E-state index contributed by atoms with van der Waals surface area (Å²) in [5, 5.41) is 3.78. The minimum atomic E-state index is -1.42. The van der Waals surface area contributed by atoms with E-state index in [-0.39, 0.29) is 10.6 Å². The lowest BCUT2D eigenvalue weighted by molar-refractivity contribution is 0.392. The highest BCUT2D eigenvalue weighted by Gasteiger charge is 2.15. The SMILES string of the molecule is Cc1noc(C)c1CS(=O)c1ccccc1F. The van der Waals surface area contributed by atoms with Crippen molar-refractivity contribution in [3.05, 3.63) is 47.1 Å². The molecule has 0 aliphatic heterocycles. The van der Waals surface area contributed by atoms with E-state index in [1.807, 2.05) is 0 Å². The van der Waals surface area contributed by atoms with Gasteiger partial charge in [-0.2, -0.15) is 0 Å². The summed E-state index contributed by atoms with van der Waals surface area (Å²) >= 11 is 0. The largest absolute Gasteiger partial charge is 0.361 e. The zero-order valence-electron chi connectivity index (χ0n) is 9.57. The molecule has 0 spiro atoms. The Morgan fingerprint density at radius 3 is 2.65 bits per heavy atom. The molecule has 1 aromatic carbocycles. The molecule has 0 aliphatic rings. The van der Waals surface area contributed by atoms with Crippen LogP contribution >= 0.6 is 0 Å². The third kappa shape index (κ3) is 2.44. The van der Waals surface area contributed by atoms with E-state index in [0.29, 0.717) is 11.5 Å². The highest BCUT2D eigenvalue weighted by molar-refractivity contribution is 7.84. The molecule has 0 N–H and O–H groups in total. The lowest BCUT2D eigenvalue weighted by atomic mass is 10.2. The van der Waals surface area contributed by atoms with Gasteiger partial charge in [0.1, 0.15) is 11.6 Å². The molecule has 90 valence electrons. The zero-order chi connectivity index (χ0) is 12.4. The fourth-order valence-electron chi connectivity index (χ4n) is 1.55. The lowest BCUT2D eigenvalue weighted by Gasteiger charge is -2.03. The van der Waals surface area contributed by atoms with Crippen LogP contribution in [0.25, 0.3) is 0 Å². The second-order valence-corrected chi connectivity index (χ2v) is 5.14. The van der Waals surface area contributed by atoms with Gasteiger partial charge in [-0.25, -0.2) is 4.39 Å². The van der Waals surface area contributed by atoms with E-state index >= 15 is 0 Å². The summed E-state index contributed by atoms with van der Waals surface area (Å²) in [6.45, 7) is 3.54. The molecule has 1 aromatic heterocycles. The first-order chi connectivity index (χ1) is 8.09. The molecule has 1 atom stereocenters. The Hall–Kier alpha value is -1.49. The van der Waals surface area contributed by atoms with Gasteiger partial charge in [0.2, 0.25) is 0 Å². The number of aryl methyl sites for hydroxylation is 2. The van der Waals surface area contributed by atoms with E-state index in [0.717, 1.165) is 5.56 Å². The molecule has 17 heavy (non-hydrogen) atoms. The highest BCUT2D eigenvalue weighted by Crippen LogP contribution is 2.19. The van der Waals surface area contributed by atoms with Crippen molar-refractivity contribution in [2.24, 2.45) is 0 Å². The number of hydrogen-bond acceptors (Lipinski definition) is 3. The van der Waals surface area contributed by atoms with Crippen LogP contribution < -0.4 is 0 Å². The second-order valence-electron chi connectivity index (χ2n) is 3.72. The number of rotatable bonds is 3. The Kier molecular flexibility index (Phi) is 3.38. The normalized spacial score (nSPS) is 12.6. The smallest absolute Gasteiger partial charge is 0.139 e. The van der Waals surface area contributed by atoms with Crippen LogP contribution in [0.2, 0.25) is 0 Å². The summed E-state index contributed by atoms with van der Waals surface area (Å²) in [7, 11) is -1.42. The molecule has 2 rings (SSSR count). The van der Waals surface area contributed by atoms with Crippen LogP contribution in [-0.4, -0.2) is 9.37 Å². The molecule has 0 fully saturated rings. The van der Waals surface area contributed by atoms with Crippen LogP contribution in [0.3, 0.4) is 0 Å². The van der Waals surface area contributed by atoms with Gasteiger partial charge in [-0.15, -0.1) is 0 Å². The van der Waals surface area contributed by atoms with Crippen molar-refractivity contribution in [3.8, 4) is 0 Å². The van der Waals surface area contributed by atoms with Crippen molar-refractivity contribution in [2.75, 3.05) is 0 Å². The molecule has 1 unspecified atom stereocenters. The van der Waals surface area contributed by atoms with Crippen LogP contribution in [0, 0.1) is 19.7 Å². The quantitative estimate of drug-likeness (QED) is 0.844. The van der Waals surface area contributed by atoms with Crippen LogP contribution in [0.5, 0.6) is 0 Å². The maximum Gasteiger partial charge on any atom is 0.139 e. The fourth-order valence-corrected chi connectivity index (χ4v) is 2.89. The molecule has 0 bridgehead atoms. The van der Waals surface area contributed by atoms with Gasteiger partial charge in [-0.1, -0.05) is 17.3 Å². The van der Waals surface area contributed by atoms with Gasteiger partial charge >= 0.3 is 0 Å². The first-order valence-electron chi connectivity index (χ1n) is 5.14. The number of benzene rings is 1. The molecule has 0 aliphatic carbocycles. The summed E-state index contributed by atoms with van der Waals surface area (Å²) < 4.78 is 30.5. The van der Waals surface area contributed by atoms with Gasteiger partial charge in [-0.3, -0.25) is 4.21 Å². The molecule has 0 saturated carbocycles. The van der Waals surface area contributed by atoms with E-state index in [1.165, 1.54) is 12.1 Å². The molecule has 2 aromatic rings. The average molecular weight is 253 g/mol. The van der Waals surface area contributed by atoms with Gasteiger partial charge in [0.15, 0.2) is 0 Å². The number of aromatic nitrogens is 1. The Labute approximate surface area is 101 Å². The van der Waals surface area contributed by atoms with E-state index in [9.17, 15) is 8.60 Å². The van der Waals surface area contributed by atoms with E-state index in [2.05, 4.69) is 5.16 Å². The van der Waals surface area contributed by atoms with Crippen molar-refractivity contribution in [1.82, 2.24) is 5.16 Å². The number of nitrogens with zero attached hydrogens (tertiary/aromatic N) is 1.